The van der Waals surface area contributed by atoms with Crippen LogP contribution in [0, 0.1) is 0 Å². The highest BCUT2D eigenvalue weighted by molar-refractivity contribution is 9.10. The first-order valence-electron chi connectivity index (χ1n) is 8.81. The van der Waals surface area contributed by atoms with Crippen molar-refractivity contribution in [1.82, 2.24) is 9.78 Å². The second kappa shape index (κ2) is 6.36. The van der Waals surface area contributed by atoms with Crippen LogP contribution in [0.5, 0.6) is 11.5 Å². The van der Waals surface area contributed by atoms with Gasteiger partial charge in [-0.3, -0.25) is 0 Å². The van der Waals surface area contributed by atoms with Gasteiger partial charge < -0.3 is 14.8 Å². The van der Waals surface area contributed by atoms with Crippen LogP contribution in [0.1, 0.15) is 18.4 Å². The molecular weight excluding hydrogens is 394 g/mol. The third-order valence-electron chi connectivity index (χ3n) is 4.85. The van der Waals surface area contributed by atoms with Gasteiger partial charge in [0.1, 0.15) is 5.82 Å². The lowest BCUT2D eigenvalue weighted by Crippen LogP contribution is -2.07. The maximum atomic E-state index is 5.56. The fourth-order valence-electron chi connectivity index (χ4n) is 3.55. The Morgan fingerprint density at radius 3 is 2.73 bits per heavy atom. The molecule has 2 aliphatic rings. The van der Waals surface area contributed by atoms with Gasteiger partial charge in [0, 0.05) is 22.1 Å². The maximum Gasteiger partial charge on any atom is 0.231 e. The van der Waals surface area contributed by atoms with Crippen LogP contribution in [0.25, 0.3) is 16.9 Å². The fraction of sp³-hybridized carbons (Fsp3) is 0.250. The van der Waals surface area contributed by atoms with Crippen LogP contribution >= 0.6 is 15.9 Å². The Labute approximate surface area is 160 Å². The van der Waals surface area contributed by atoms with Crippen molar-refractivity contribution in [1.29, 1.82) is 0 Å². The number of fused-ring (bicyclic) bond motifs is 2. The molecule has 0 fully saturated rings. The number of nitrogens with one attached hydrogen (secondary N) is 1. The summed E-state index contributed by atoms with van der Waals surface area (Å²) in [5, 5.41) is 8.55. The van der Waals surface area contributed by atoms with Crippen LogP contribution in [0.15, 0.2) is 46.9 Å². The summed E-state index contributed by atoms with van der Waals surface area (Å²) < 4.78 is 14.1. The van der Waals surface area contributed by atoms with Crippen LogP contribution < -0.4 is 14.8 Å². The zero-order valence-corrected chi connectivity index (χ0v) is 15.8. The van der Waals surface area contributed by atoms with E-state index in [1.165, 1.54) is 5.56 Å². The second-order valence-electron chi connectivity index (χ2n) is 6.52. The van der Waals surface area contributed by atoms with Crippen molar-refractivity contribution < 1.29 is 9.47 Å². The summed E-state index contributed by atoms with van der Waals surface area (Å²) >= 11 is 3.50. The minimum absolute atomic E-state index is 0.284. The van der Waals surface area contributed by atoms with E-state index in [1.807, 2.05) is 28.9 Å². The molecule has 132 valence electrons. The lowest BCUT2D eigenvalue weighted by molar-refractivity contribution is 0.174. The number of hydrogen-bond donors (Lipinski definition) is 1. The zero-order valence-electron chi connectivity index (χ0n) is 14.2. The van der Waals surface area contributed by atoms with E-state index < -0.39 is 0 Å². The highest BCUT2D eigenvalue weighted by Gasteiger charge is 2.23. The normalized spacial score (nSPS) is 15.3. The Hall–Kier alpha value is -2.47. The molecule has 0 bridgehead atoms. The van der Waals surface area contributed by atoms with Crippen LogP contribution in [0.2, 0.25) is 0 Å². The molecule has 5 rings (SSSR count). The molecule has 0 spiro atoms. The average molecular weight is 412 g/mol. The first-order valence-corrected chi connectivity index (χ1v) is 9.60. The van der Waals surface area contributed by atoms with Gasteiger partial charge in [0.25, 0.3) is 0 Å². The number of benzene rings is 2. The molecule has 0 aliphatic carbocycles. The number of rotatable bonds is 2. The van der Waals surface area contributed by atoms with E-state index >= 15 is 0 Å². The van der Waals surface area contributed by atoms with Gasteiger partial charge in [-0.15, -0.1) is 0 Å². The van der Waals surface area contributed by atoms with Gasteiger partial charge in [0.2, 0.25) is 6.79 Å². The van der Waals surface area contributed by atoms with E-state index in [0.717, 1.165) is 64.5 Å². The van der Waals surface area contributed by atoms with E-state index in [2.05, 4.69) is 39.4 Å². The molecule has 5 nitrogen and oxygen atoms in total. The molecule has 0 saturated carbocycles. The summed E-state index contributed by atoms with van der Waals surface area (Å²) in [6.07, 6.45) is 3.34. The Morgan fingerprint density at radius 1 is 1.00 bits per heavy atom. The van der Waals surface area contributed by atoms with Gasteiger partial charge in [-0.05, 0) is 61.7 Å². The van der Waals surface area contributed by atoms with Crippen molar-refractivity contribution in [3.8, 4) is 28.4 Å². The standard InChI is InChI=1S/C20H18BrN3O2/c21-14-5-7-15(8-6-14)24-20-16(3-1-2-10-22-20)19(23-24)13-4-9-17-18(11-13)26-12-25-17/h4-9,11,22H,1-3,10,12H2. The van der Waals surface area contributed by atoms with Crippen molar-refractivity contribution in [3.05, 3.63) is 52.5 Å². The molecule has 3 aromatic rings. The van der Waals surface area contributed by atoms with E-state index in [4.69, 9.17) is 14.6 Å². The molecule has 1 aromatic heterocycles. The summed E-state index contributed by atoms with van der Waals surface area (Å²) in [6, 6.07) is 14.3. The second-order valence-corrected chi connectivity index (χ2v) is 7.43. The molecule has 1 N–H and O–H groups in total. The van der Waals surface area contributed by atoms with E-state index in [1.54, 1.807) is 0 Å². The van der Waals surface area contributed by atoms with E-state index in [-0.39, 0.29) is 6.79 Å². The van der Waals surface area contributed by atoms with E-state index in [9.17, 15) is 0 Å². The molecule has 0 atom stereocenters. The van der Waals surface area contributed by atoms with Gasteiger partial charge in [0.15, 0.2) is 11.5 Å². The minimum Gasteiger partial charge on any atom is -0.454 e. The quantitative estimate of drug-likeness (QED) is 0.658. The van der Waals surface area contributed by atoms with Crippen LogP contribution in [0.3, 0.4) is 0 Å². The summed E-state index contributed by atoms with van der Waals surface area (Å²) in [5.74, 6) is 2.68. The number of aromatic nitrogens is 2. The lowest BCUT2D eigenvalue weighted by Gasteiger charge is -2.09. The topological polar surface area (TPSA) is 48.3 Å². The number of anilines is 1. The van der Waals surface area contributed by atoms with Crippen molar-refractivity contribution >= 4 is 21.7 Å². The number of halogens is 1. The Kier molecular flexibility index (Phi) is 3.85. The summed E-state index contributed by atoms with van der Waals surface area (Å²) in [6.45, 7) is 1.25. The van der Waals surface area contributed by atoms with E-state index in [0.29, 0.717) is 0 Å². The predicted octanol–water partition coefficient (Wildman–Crippen LogP) is 4.78. The van der Waals surface area contributed by atoms with Crippen LogP contribution in [0.4, 0.5) is 5.82 Å². The zero-order chi connectivity index (χ0) is 17.5. The molecule has 2 aliphatic heterocycles. The number of nitrogens with zero attached hydrogens (tertiary/aromatic N) is 2. The molecule has 6 heteroatoms. The highest BCUT2D eigenvalue weighted by Crippen LogP contribution is 2.39. The van der Waals surface area contributed by atoms with Gasteiger partial charge in [-0.25, -0.2) is 4.68 Å². The summed E-state index contributed by atoms with van der Waals surface area (Å²) in [7, 11) is 0. The molecule has 3 heterocycles. The minimum atomic E-state index is 0.284. The van der Waals surface area contributed by atoms with Crippen molar-refractivity contribution in [2.45, 2.75) is 19.3 Å². The molecule has 0 unspecified atom stereocenters. The first-order chi connectivity index (χ1) is 12.8. The molecule has 26 heavy (non-hydrogen) atoms. The molecule has 0 amide bonds. The number of ether oxygens (including phenoxy) is 2. The van der Waals surface area contributed by atoms with Gasteiger partial charge in [0.05, 0.1) is 11.4 Å². The summed E-state index contributed by atoms with van der Waals surface area (Å²) in [5.41, 5.74) is 4.39. The van der Waals surface area contributed by atoms with Gasteiger partial charge in [-0.2, -0.15) is 5.10 Å². The van der Waals surface area contributed by atoms with Crippen molar-refractivity contribution in [2.75, 3.05) is 18.7 Å². The molecular formula is C20H18BrN3O2. The number of hydrogen-bond acceptors (Lipinski definition) is 4. The average Bonchev–Trinajstić information content (AvgIpc) is 3.19. The van der Waals surface area contributed by atoms with Gasteiger partial charge >= 0.3 is 0 Å². The monoisotopic (exact) mass is 411 g/mol. The lowest BCUT2D eigenvalue weighted by atomic mass is 10.0. The highest BCUT2D eigenvalue weighted by atomic mass is 79.9. The Bertz CT molecular complexity index is 966. The van der Waals surface area contributed by atoms with Crippen LogP contribution in [-0.2, 0) is 6.42 Å². The SMILES string of the molecule is Brc1ccc(-n2nc(-c3ccc4c(c3)OCO4)c3c2NCCCC3)cc1. The van der Waals surface area contributed by atoms with Crippen molar-refractivity contribution in [2.24, 2.45) is 0 Å². The largest absolute Gasteiger partial charge is 0.454 e. The maximum absolute atomic E-state index is 5.56. The molecule has 0 radical (unpaired) electrons. The van der Waals surface area contributed by atoms with Crippen LogP contribution in [-0.4, -0.2) is 23.1 Å². The fourth-order valence-corrected chi connectivity index (χ4v) is 3.81. The Morgan fingerprint density at radius 2 is 1.85 bits per heavy atom. The third kappa shape index (κ3) is 2.65. The predicted molar refractivity (Wildman–Crippen MR) is 104 cm³/mol. The summed E-state index contributed by atoms with van der Waals surface area (Å²) in [4.78, 5) is 0. The molecule has 2 aromatic carbocycles. The molecule has 0 saturated heterocycles. The first kappa shape index (κ1) is 15.8. The van der Waals surface area contributed by atoms with Crippen molar-refractivity contribution in [3.63, 3.8) is 0 Å². The van der Waals surface area contributed by atoms with Gasteiger partial charge in [-0.1, -0.05) is 15.9 Å². The smallest absolute Gasteiger partial charge is 0.231 e. The third-order valence-corrected chi connectivity index (χ3v) is 5.38. The Balaban J connectivity index is 1.67.